The monoisotopic (exact) mass is 330 g/mol. The van der Waals surface area contributed by atoms with Crippen LogP contribution in [-0.2, 0) is 4.79 Å². The number of hydrogen-bond donors (Lipinski definition) is 2. The highest BCUT2D eigenvalue weighted by Gasteiger charge is 2.29. The number of carboxylic acids is 1. The van der Waals surface area contributed by atoms with Gasteiger partial charge in [-0.15, -0.1) is 0 Å². The third-order valence-electron chi connectivity index (χ3n) is 4.67. The molecule has 2 aromatic rings. The van der Waals surface area contributed by atoms with Crippen molar-refractivity contribution in [2.24, 2.45) is 5.92 Å². The van der Waals surface area contributed by atoms with Crippen molar-refractivity contribution in [2.45, 2.75) is 32.7 Å². The fraction of sp³-hybridized carbons (Fsp3) is 0.444. The molecule has 0 saturated carbocycles. The smallest absolute Gasteiger partial charge is 0.318 e. The summed E-state index contributed by atoms with van der Waals surface area (Å²) in [6.45, 7) is 4.70. The number of piperidine rings is 1. The lowest BCUT2D eigenvalue weighted by atomic mass is 9.99. The molecular formula is C18H22N2O4. The standard InChI is InChI=1S/C18H22N2O4/c1-11-14-7-3-4-8-15(14)24-16(11)12(2)19-18(23)20-9-5-6-13(10-20)17(21)22/h3-4,7-8,12-13H,5-6,9-10H2,1-2H3,(H,19,23)(H,21,22). The molecular weight excluding hydrogens is 308 g/mol. The Bertz CT molecular complexity index is 767. The molecule has 0 bridgehead atoms. The molecule has 1 aromatic carbocycles. The summed E-state index contributed by atoms with van der Waals surface area (Å²) in [6.07, 6.45) is 1.33. The topological polar surface area (TPSA) is 82.8 Å². The lowest BCUT2D eigenvalue weighted by molar-refractivity contribution is -0.143. The molecule has 2 N–H and O–H groups in total. The van der Waals surface area contributed by atoms with E-state index in [4.69, 9.17) is 9.52 Å². The molecule has 2 amide bonds. The number of para-hydroxylation sites is 1. The maximum absolute atomic E-state index is 12.5. The molecule has 0 radical (unpaired) electrons. The van der Waals surface area contributed by atoms with Crippen LogP contribution in [0.3, 0.4) is 0 Å². The highest BCUT2D eigenvalue weighted by Crippen LogP contribution is 2.29. The number of likely N-dealkylation sites (tertiary alicyclic amines) is 1. The summed E-state index contributed by atoms with van der Waals surface area (Å²) in [4.78, 5) is 25.2. The molecule has 24 heavy (non-hydrogen) atoms. The van der Waals surface area contributed by atoms with Crippen LogP contribution in [0, 0.1) is 12.8 Å². The maximum Gasteiger partial charge on any atom is 0.318 e. The van der Waals surface area contributed by atoms with Gasteiger partial charge in [-0.25, -0.2) is 4.79 Å². The van der Waals surface area contributed by atoms with Crippen LogP contribution in [0.2, 0.25) is 0 Å². The zero-order valence-corrected chi connectivity index (χ0v) is 13.9. The van der Waals surface area contributed by atoms with Gasteiger partial charge in [0.15, 0.2) is 0 Å². The molecule has 2 unspecified atom stereocenters. The molecule has 6 heteroatoms. The zero-order chi connectivity index (χ0) is 17.3. The van der Waals surface area contributed by atoms with E-state index in [-0.39, 0.29) is 18.6 Å². The highest BCUT2D eigenvalue weighted by molar-refractivity contribution is 5.82. The zero-order valence-electron chi connectivity index (χ0n) is 13.9. The number of carboxylic acid groups (broad SMARTS) is 1. The Hall–Kier alpha value is -2.50. The third kappa shape index (κ3) is 3.09. The van der Waals surface area contributed by atoms with Crippen LogP contribution >= 0.6 is 0 Å². The largest absolute Gasteiger partial charge is 0.481 e. The third-order valence-corrected chi connectivity index (χ3v) is 4.67. The van der Waals surface area contributed by atoms with Crippen LogP contribution in [0.25, 0.3) is 11.0 Å². The Morgan fingerprint density at radius 3 is 2.83 bits per heavy atom. The second-order valence-electron chi connectivity index (χ2n) is 6.38. The van der Waals surface area contributed by atoms with Crippen LogP contribution in [0.4, 0.5) is 4.79 Å². The molecule has 1 aliphatic heterocycles. The first-order valence-electron chi connectivity index (χ1n) is 8.23. The molecule has 0 spiro atoms. The fourth-order valence-corrected chi connectivity index (χ4v) is 3.31. The van der Waals surface area contributed by atoms with Crippen molar-refractivity contribution in [3.05, 3.63) is 35.6 Å². The number of carbonyl (C=O) groups is 2. The van der Waals surface area contributed by atoms with E-state index >= 15 is 0 Å². The van der Waals surface area contributed by atoms with Gasteiger partial charge in [-0.05, 0) is 32.8 Å². The minimum Gasteiger partial charge on any atom is -0.481 e. The van der Waals surface area contributed by atoms with Crippen LogP contribution in [0.15, 0.2) is 28.7 Å². The first kappa shape index (κ1) is 16.4. The summed E-state index contributed by atoms with van der Waals surface area (Å²) >= 11 is 0. The lowest BCUT2D eigenvalue weighted by Crippen LogP contribution is -2.47. The molecule has 1 fully saturated rings. The SMILES string of the molecule is Cc1c(C(C)NC(=O)N2CCCC(C(=O)O)C2)oc2ccccc12. The second kappa shape index (κ2) is 6.55. The van der Waals surface area contributed by atoms with E-state index in [1.165, 1.54) is 0 Å². The fourth-order valence-electron chi connectivity index (χ4n) is 3.31. The molecule has 2 heterocycles. The number of benzene rings is 1. The second-order valence-corrected chi connectivity index (χ2v) is 6.38. The van der Waals surface area contributed by atoms with Crippen molar-refractivity contribution in [2.75, 3.05) is 13.1 Å². The molecule has 2 atom stereocenters. The van der Waals surface area contributed by atoms with E-state index < -0.39 is 11.9 Å². The molecule has 1 aliphatic rings. The van der Waals surface area contributed by atoms with E-state index in [1.807, 2.05) is 38.1 Å². The van der Waals surface area contributed by atoms with Gasteiger partial charge in [-0.2, -0.15) is 0 Å². The van der Waals surface area contributed by atoms with Crippen LogP contribution in [0.1, 0.15) is 37.1 Å². The lowest BCUT2D eigenvalue weighted by Gasteiger charge is -2.31. The quantitative estimate of drug-likeness (QED) is 0.904. The van der Waals surface area contributed by atoms with E-state index in [0.29, 0.717) is 19.4 Å². The molecule has 1 aromatic heterocycles. The number of aliphatic carboxylic acids is 1. The van der Waals surface area contributed by atoms with Gasteiger partial charge >= 0.3 is 12.0 Å². The van der Waals surface area contributed by atoms with E-state index in [0.717, 1.165) is 22.3 Å². The van der Waals surface area contributed by atoms with Gasteiger partial charge in [-0.1, -0.05) is 18.2 Å². The number of nitrogens with one attached hydrogen (secondary N) is 1. The summed E-state index contributed by atoms with van der Waals surface area (Å²) < 4.78 is 5.88. The van der Waals surface area contributed by atoms with Gasteiger partial charge in [0.1, 0.15) is 11.3 Å². The van der Waals surface area contributed by atoms with Gasteiger partial charge in [0.2, 0.25) is 0 Å². The van der Waals surface area contributed by atoms with Gasteiger partial charge < -0.3 is 19.7 Å². The van der Waals surface area contributed by atoms with Crippen molar-refractivity contribution in [1.82, 2.24) is 10.2 Å². The number of urea groups is 1. The normalized spacial score (nSPS) is 19.2. The van der Waals surface area contributed by atoms with Gasteiger partial charge in [0.05, 0.1) is 12.0 Å². The summed E-state index contributed by atoms with van der Waals surface area (Å²) in [7, 11) is 0. The summed E-state index contributed by atoms with van der Waals surface area (Å²) in [5.41, 5.74) is 1.82. The Labute approximate surface area is 140 Å². The molecule has 128 valence electrons. The average molecular weight is 330 g/mol. The van der Waals surface area contributed by atoms with Crippen molar-refractivity contribution >= 4 is 23.0 Å². The van der Waals surface area contributed by atoms with Gasteiger partial charge in [0.25, 0.3) is 0 Å². The first-order valence-corrected chi connectivity index (χ1v) is 8.23. The van der Waals surface area contributed by atoms with Crippen molar-refractivity contribution in [3.8, 4) is 0 Å². The number of carbonyl (C=O) groups excluding carboxylic acids is 1. The van der Waals surface area contributed by atoms with Crippen molar-refractivity contribution in [3.63, 3.8) is 0 Å². The molecule has 3 rings (SSSR count). The molecule has 0 aliphatic carbocycles. The number of furan rings is 1. The Kier molecular flexibility index (Phi) is 4.46. The minimum absolute atomic E-state index is 0.242. The average Bonchev–Trinajstić information content (AvgIpc) is 2.92. The van der Waals surface area contributed by atoms with Crippen LogP contribution in [0.5, 0.6) is 0 Å². The molecule has 1 saturated heterocycles. The predicted octanol–water partition coefficient (Wildman–Crippen LogP) is 3.31. The number of aryl methyl sites for hydroxylation is 1. The van der Waals surface area contributed by atoms with E-state index in [1.54, 1.807) is 4.90 Å². The number of amides is 2. The number of hydrogen-bond acceptors (Lipinski definition) is 3. The van der Waals surface area contributed by atoms with Crippen molar-refractivity contribution in [1.29, 1.82) is 0 Å². The van der Waals surface area contributed by atoms with Crippen molar-refractivity contribution < 1.29 is 19.1 Å². The molecule has 6 nitrogen and oxygen atoms in total. The summed E-state index contributed by atoms with van der Waals surface area (Å²) in [6, 6.07) is 7.25. The van der Waals surface area contributed by atoms with Crippen LogP contribution < -0.4 is 5.32 Å². The predicted molar refractivity (Wildman–Crippen MR) is 89.8 cm³/mol. The van der Waals surface area contributed by atoms with Gasteiger partial charge in [-0.3, -0.25) is 4.79 Å². The maximum atomic E-state index is 12.5. The number of nitrogens with zero attached hydrogens (tertiary/aromatic N) is 1. The highest BCUT2D eigenvalue weighted by atomic mass is 16.4. The summed E-state index contributed by atoms with van der Waals surface area (Å²) in [5.74, 6) is -0.585. The summed E-state index contributed by atoms with van der Waals surface area (Å²) in [5, 5.41) is 13.1. The van der Waals surface area contributed by atoms with Gasteiger partial charge in [0, 0.05) is 24.0 Å². The Morgan fingerprint density at radius 1 is 1.38 bits per heavy atom. The van der Waals surface area contributed by atoms with Crippen LogP contribution in [-0.4, -0.2) is 35.1 Å². The first-order chi connectivity index (χ1) is 11.5. The minimum atomic E-state index is -0.839. The van der Waals surface area contributed by atoms with E-state index in [9.17, 15) is 9.59 Å². The van der Waals surface area contributed by atoms with E-state index in [2.05, 4.69) is 5.32 Å². The Morgan fingerprint density at radius 2 is 2.12 bits per heavy atom. The Balaban J connectivity index is 1.71. The number of rotatable bonds is 3. The number of fused-ring (bicyclic) bond motifs is 1.